The van der Waals surface area contributed by atoms with E-state index in [1.165, 1.54) is 6.92 Å². The van der Waals surface area contributed by atoms with Gasteiger partial charge >= 0.3 is 23.2 Å². The lowest BCUT2D eigenvalue weighted by Crippen LogP contribution is -2.15. The SMILES string of the molecule is CCOC(=O)c1c[nH]c(=O)c([N+](=O)[O-])c1O.CCOC(=O)c1c[nH]c(=O)cc1O. The second kappa shape index (κ2) is 10.2. The first-order valence-electron chi connectivity index (χ1n) is 7.98. The molecule has 2 rings (SSSR count). The monoisotopic (exact) mass is 411 g/mol. The zero-order valence-electron chi connectivity index (χ0n) is 15.3. The number of ether oxygens (including phenoxy) is 2. The average Bonchev–Trinajstić information content (AvgIpc) is 2.62. The number of nitro groups is 1. The molecule has 0 saturated heterocycles. The fourth-order valence-corrected chi connectivity index (χ4v) is 1.88. The molecule has 0 radical (unpaired) electrons. The zero-order valence-corrected chi connectivity index (χ0v) is 15.3. The Bertz CT molecular complexity index is 1020. The van der Waals surface area contributed by atoms with E-state index >= 15 is 0 Å². The minimum absolute atomic E-state index is 0.0403. The van der Waals surface area contributed by atoms with Gasteiger partial charge in [-0.25, -0.2) is 9.59 Å². The molecule has 0 aliphatic carbocycles. The van der Waals surface area contributed by atoms with Crippen molar-refractivity contribution in [2.24, 2.45) is 0 Å². The third-order valence-electron chi connectivity index (χ3n) is 3.12. The third-order valence-corrected chi connectivity index (χ3v) is 3.12. The highest BCUT2D eigenvalue weighted by molar-refractivity contribution is 5.93. The van der Waals surface area contributed by atoms with Crippen LogP contribution in [-0.2, 0) is 9.47 Å². The Hall–Kier alpha value is -4.16. The average molecular weight is 411 g/mol. The summed E-state index contributed by atoms with van der Waals surface area (Å²) in [6, 6.07) is 0.923. The number of carbonyl (C=O) groups excluding carboxylic acids is 2. The number of pyridine rings is 2. The Kier molecular flexibility index (Phi) is 8.08. The number of hydrogen-bond acceptors (Lipinski definition) is 10. The third kappa shape index (κ3) is 5.92. The summed E-state index contributed by atoms with van der Waals surface area (Å²) >= 11 is 0. The Labute approximate surface area is 161 Å². The van der Waals surface area contributed by atoms with Crippen LogP contribution in [0.2, 0.25) is 0 Å². The van der Waals surface area contributed by atoms with Crippen LogP contribution in [-0.4, -0.2) is 50.3 Å². The Balaban J connectivity index is 0.000000296. The lowest BCUT2D eigenvalue weighted by atomic mass is 10.2. The molecule has 0 spiro atoms. The van der Waals surface area contributed by atoms with Crippen molar-refractivity contribution in [1.82, 2.24) is 9.97 Å². The van der Waals surface area contributed by atoms with Crippen molar-refractivity contribution in [1.29, 1.82) is 0 Å². The number of nitrogens with one attached hydrogen (secondary N) is 2. The number of rotatable bonds is 5. The molecule has 29 heavy (non-hydrogen) atoms. The normalized spacial score (nSPS) is 9.72. The fourth-order valence-electron chi connectivity index (χ4n) is 1.88. The molecule has 0 amide bonds. The Morgan fingerprint density at radius 2 is 1.55 bits per heavy atom. The van der Waals surface area contributed by atoms with Crippen LogP contribution in [0.5, 0.6) is 11.5 Å². The Morgan fingerprint density at radius 1 is 1.03 bits per heavy atom. The van der Waals surface area contributed by atoms with Crippen molar-refractivity contribution in [2.45, 2.75) is 13.8 Å². The van der Waals surface area contributed by atoms with E-state index in [9.17, 15) is 34.4 Å². The lowest BCUT2D eigenvalue weighted by molar-refractivity contribution is -0.387. The summed E-state index contributed by atoms with van der Waals surface area (Å²) in [4.78, 5) is 57.6. The van der Waals surface area contributed by atoms with Crippen molar-refractivity contribution in [3.63, 3.8) is 0 Å². The lowest BCUT2D eigenvalue weighted by Gasteiger charge is -2.03. The van der Waals surface area contributed by atoms with Crippen LogP contribution >= 0.6 is 0 Å². The molecule has 13 heteroatoms. The van der Waals surface area contributed by atoms with E-state index in [2.05, 4.69) is 14.5 Å². The van der Waals surface area contributed by atoms with Gasteiger partial charge in [0.2, 0.25) is 5.75 Å². The Morgan fingerprint density at radius 3 is 2.03 bits per heavy atom. The van der Waals surface area contributed by atoms with Crippen LogP contribution in [0.3, 0.4) is 0 Å². The predicted octanol–water partition coefficient (Wildman–Crippen LogP) is 0.423. The minimum Gasteiger partial charge on any atom is -0.507 e. The number of aromatic hydroxyl groups is 2. The fraction of sp³-hybridized carbons (Fsp3) is 0.250. The van der Waals surface area contributed by atoms with Gasteiger partial charge in [0, 0.05) is 18.5 Å². The molecule has 2 aromatic rings. The van der Waals surface area contributed by atoms with Crippen LogP contribution in [0.1, 0.15) is 34.6 Å². The van der Waals surface area contributed by atoms with Gasteiger partial charge in [0.05, 0.1) is 18.1 Å². The minimum atomic E-state index is -1.09. The molecule has 0 unspecified atom stereocenters. The maximum absolute atomic E-state index is 11.2. The second-order valence-corrected chi connectivity index (χ2v) is 5.02. The van der Waals surface area contributed by atoms with Crippen molar-refractivity contribution in [2.75, 3.05) is 13.2 Å². The molecular formula is C16H17N3O10. The largest absolute Gasteiger partial charge is 0.507 e. The first-order valence-corrected chi connectivity index (χ1v) is 7.98. The van der Waals surface area contributed by atoms with E-state index in [4.69, 9.17) is 5.11 Å². The molecule has 13 nitrogen and oxygen atoms in total. The maximum Gasteiger partial charge on any atom is 0.375 e. The molecule has 0 bridgehead atoms. The van der Waals surface area contributed by atoms with Crippen LogP contribution in [0.15, 0.2) is 28.0 Å². The van der Waals surface area contributed by atoms with E-state index in [0.717, 1.165) is 18.5 Å². The summed E-state index contributed by atoms with van der Waals surface area (Å²) in [5, 5.41) is 29.0. The number of H-pyrrole nitrogens is 2. The van der Waals surface area contributed by atoms with Crippen molar-refractivity contribution < 1.29 is 34.2 Å². The molecule has 156 valence electrons. The van der Waals surface area contributed by atoms with Gasteiger partial charge in [0.25, 0.3) is 5.56 Å². The second-order valence-electron chi connectivity index (χ2n) is 5.02. The highest BCUT2D eigenvalue weighted by Gasteiger charge is 2.26. The van der Waals surface area contributed by atoms with Gasteiger partial charge in [-0.3, -0.25) is 19.7 Å². The smallest absolute Gasteiger partial charge is 0.375 e. The van der Waals surface area contributed by atoms with E-state index < -0.39 is 45.0 Å². The van der Waals surface area contributed by atoms with Gasteiger partial charge in [-0.1, -0.05) is 0 Å². The summed E-state index contributed by atoms with van der Waals surface area (Å²) in [6.45, 7) is 3.46. The van der Waals surface area contributed by atoms with E-state index in [0.29, 0.717) is 0 Å². The van der Waals surface area contributed by atoms with Crippen molar-refractivity contribution >= 4 is 17.6 Å². The molecular weight excluding hydrogens is 394 g/mol. The highest BCUT2D eigenvalue weighted by atomic mass is 16.6. The van der Waals surface area contributed by atoms with Gasteiger partial charge < -0.3 is 29.7 Å². The zero-order chi connectivity index (χ0) is 22.1. The van der Waals surface area contributed by atoms with Crippen LogP contribution in [0.25, 0.3) is 0 Å². The molecule has 0 saturated carbocycles. The quantitative estimate of drug-likeness (QED) is 0.303. The molecule has 0 fully saturated rings. The highest BCUT2D eigenvalue weighted by Crippen LogP contribution is 2.25. The molecule has 2 heterocycles. The van der Waals surface area contributed by atoms with Gasteiger partial charge in [-0.15, -0.1) is 0 Å². The standard InChI is InChI=1S/C8H8N2O6.C8H9NO4/c1-2-16-8(13)4-3-9-7(12)5(6(4)11)10(14)15;1-2-13-8(12)5-4-9-7(11)3-6(5)10/h3H,2H2,1H3,(H2,9,11,12);3-4H,2H2,1H3,(H2,9,10,11). The van der Waals surface area contributed by atoms with Gasteiger partial charge in [0.15, 0.2) is 0 Å². The molecule has 0 atom stereocenters. The molecule has 2 aromatic heterocycles. The van der Waals surface area contributed by atoms with Crippen molar-refractivity contribution in [3.8, 4) is 11.5 Å². The molecule has 0 aliphatic rings. The summed E-state index contributed by atoms with van der Waals surface area (Å²) in [7, 11) is 0. The number of carbonyl (C=O) groups is 2. The first-order chi connectivity index (χ1) is 13.6. The number of aromatic amines is 2. The molecule has 0 aromatic carbocycles. The van der Waals surface area contributed by atoms with E-state index in [1.54, 1.807) is 6.92 Å². The first kappa shape index (κ1) is 22.9. The summed E-state index contributed by atoms with van der Waals surface area (Å²) in [5.41, 5.74) is -3.12. The van der Waals surface area contributed by atoms with Gasteiger partial charge in [-0.2, -0.15) is 0 Å². The van der Waals surface area contributed by atoms with Gasteiger partial charge in [-0.05, 0) is 13.8 Å². The maximum atomic E-state index is 11.2. The van der Waals surface area contributed by atoms with Gasteiger partial charge in [0.1, 0.15) is 16.9 Å². The topological polar surface area (TPSA) is 202 Å². The number of hydrogen-bond donors (Lipinski definition) is 4. The summed E-state index contributed by atoms with van der Waals surface area (Å²) in [6.07, 6.45) is 1.98. The van der Waals surface area contributed by atoms with Crippen LogP contribution in [0, 0.1) is 10.1 Å². The number of aromatic nitrogens is 2. The summed E-state index contributed by atoms with van der Waals surface area (Å²) in [5.74, 6) is -2.97. The molecule has 0 aliphatic heterocycles. The number of esters is 2. The predicted molar refractivity (Wildman–Crippen MR) is 96.0 cm³/mol. The van der Waals surface area contributed by atoms with E-state index in [-0.39, 0.29) is 24.5 Å². The summed E-state index contributed by atoms with van der Waals surface area (Å²) < 4.78 is 9.17. The number of nitrogens with zero attached hydrogens (tertiary/aromatic N) is 1. The van der Waals surface area contributed by atoms with E-state index in [1.807, 2.05) is 4.98 Å². The van der Waals surface area contributed by atoms with Crippen LogP contribution < -0.4 is 11.1 Å². The van der Waals surface area contributed by atoms with Crippen LogP contribution in [0.4, 0.5) is 5.69 Å². The van der Waals surface area contributed by atoms with Crippen molar-refractivity contribution in [3.05, 3.63) is 60.4 Å². The molecule has 4 N–H and O–H groups in total.